The average Bonchev–Trinajstić information content (AvgIpc) is 2.26. The van der Waals surface area contributed by atoms with Crippen molar-refractivity contribution in [2.45, 2.75) is 20.8 Å². The lowest BCUT2D eigenvalue weighted by Crippen LogP contribution is -2.22. The molecule has 0 amide bonds. The minimum atomic E-state index is -1.32. The van der Waals surface area contributed by atoms with E-state index in [0.29, 0.717) is 5.69 Å². The van der Waals surface area contributed by atoms with Gasteiger partial charge in [0.15, 0.2) is 0 Å². The van der Waals surface area contributed by atoms with Gasteiger partial charge in [0.2, 0.25) is 11.1 Å². The summed E-state index contributed by atoms with van der Waals surface area (Å²) in [5.74, 6) is -1.32. The number of aromatic carboxylic acids is 1. The van der Waals surface area contributed by atoms with Crippen LogP contribution < -0.4 is 5.43 Å². The summed E-state index contributed by atoms with van der Waals surface area (Å²) in [4.78, 5) is 22.5. The fourth-order valence-corrected chi connectivity index (χ4v) is 2.03. The average molecular weight is 258 g/mol. The van der Waals surface area contributed by atoms with Gasteiger partial charge in [-0.1, -0.05) is 6.07 Å². The standard InChI is InChI=1S/C14H14N2O3/c1-8-4-9(2)6-11(5-8)16-10(3)7-12(17)13(15-16)14(18)19/h4-7H,1-3H3,(H,18,19). The van der Waals surface area contributed by atoms with Gasteiger partial charge in [-0.3, -0.25) is 4.79 Å². The van der Waals surface area contributed by atoms with E-state index in [-0.39, 0.29) is 0 Å². The van der Waals surface area contributed by atoms with Gasteiger partial charge in [-0.15, -0.1) is 0 Å². The van der Waals surface area contributed by atoms with Gasteiger partial charge in [0.05, 0.1) is 5.69 Å². The highest BCUT2D eigenvalue weighted by molar-refractivity contribution is 5.84. The van der Waals surface area contributed by atoms with Crippen molar-refractivity contribution in [1.29, 1.82) is 0 Å². The Labute approximate surface area is 110 Å². The Morgan fingerprint density at radius 1 is 1.11 bits per heavy atom. The van der Waals surface area contributed by atoms with E-state index in [9.17, 15) is 9.59 Å². The molecule has 0 spiro atoms. The third-order valence-corrected chi connectivity index (χ3v) is 2.76. The van der Waals surface area contributed by atoms with Crippen molar-refractivity contribution < 1.29 is 9.90 Å². The zero-order valence-corrected chi connectivity index (χ0v) is 11.0. The first kappa shape index (κ1) is 13.0. The van der Waals surface area contributed by atoms with Crippen LogP contribution in [-0.2, 0) is 0 Å². The van der Waals surface area contributed by atoms with Gasteiger partial charge < -0.3 is 5.11 Å². The predicted octanol–water partition coefficient (Wildman–Crippen LogP) is 1.86. The second-order valence-corrected chi connectivity index (χ2v) is 4.56. The van der Waals surface area contributed by atoms with Crippen LogP contribution in [0, 0.1) is 20.8 Å². The Kier molecular flexibility index (Phi) is 3.21. The molecular formula is C14H14N2O3. The van der Waals surface area contributed by atoms with E-state index >= 15 is 0 Å². The molecule has 1 aromatic carbocycles. The second-order valence-electron chi connectivity index (χ2n) is 4.56. The number of hydrogen-bond acceptors (Lipinski definition) is 3. The zero-order valence-electron chi connectivity index (χ0n) is 11.0. The van der Waals surface area contributed by atoms with E-state index in [2.05, 4.69) is 5.10 Å². The van der Waals surface area contributed by atoms with E-state index < -0.39 is 17.1 Å². The Morgan fingerprint density at radius 2 is 1.68 bits per heavy atom. The lowest BCUT2D eigenvalue weighted by atomic mass is 10.1. The molecule has 2 rings (SSSR count). The molecule has 5 nitrogen and oxygen atoms in total. The first-order valence-corrected chi connectivity index (χ1v) is 5.81. The number of hydrogen-bond donors (Lipinski definition) is 1. The minimum absolute atomic E-state index is 0.468. The molecule has 98 valence electrons. The summed E-state index contributed by atoms with van der Waals surface area (Å²) in [6, 6.07) is 7.08. The lowest BCUT2D eigenvalue weighted by molar-refractivity contribution is 0.0686. The topological polar surface area (TPSA) is 72.2 Å². The highest BCUT2D eigenvalue weighted by atomic mass is 16.4. The molecule has 0 aliphatic heterocycles. The Balaban J connectivity index is 2.71. The van der Waals surface area contributed by atoms with Crippen molar-refractivity contribution in [2.24, 2.45) is 0 Å². The third kappa shape index (κ3) is 2.54. The molecular weight excluding hydrogens is 244 g/mol. The van der Waals surface area contributed by atoms with Crippen LogP contribution in [0.5, 0.6) is 0 Å². The summed E-state index contributed by atoms with van der Waals surface area (Å²) < 4.78 is 1.48. The lowest BCUT2D eigenvalue weighted by Gasteiger charge is -2.11. The molecule has 0 radical (unpaired) electrons. The fraction of sp³-hybridized carbons (Fsp3) is 0.214. The SMILES string of the molecule is Cc1cc(C)cc(-n2nc(C(=O)O)c(=O)cc2C)c1. The van der Waals surface area contributed by atoms with Crippen molar-refractivity contribution in [1.82, 2.24) is 9.78 Å². The molecule has 0 aliphatic rings. The van der Waals surface area contributed by atoms with Gasteiger partial charge >= 0.3 is 5.97 Å². The first-order valence-electron chi connectivity index (χ1n) is 5.81. The molecule has 0 atom stereocenters. The van der Waals surface area contributed by atoms with Gasteiger partial charge in [-0.05, 0) is 44.0 Å². The van der Waals surface area contributed by atoms with Gasteiger partial charge in [0, 0.05) is 11.8 Å². The monoisotopic (exact) mass is 258 g/mol. The van der Waals surface area contributed by atoms with Gasteiger partial charge in [0.1, 0.15) is 0 Å². The molecule has 1 N–H and O–H groups in total. The number of nitrogens with zero attached hydrogens (tertiary/aromatic N) is 2. The molecule has 19 heavy (non-hydrogen) atoms. The molecule has 2 aromatic rings. The van der Waals surface area contributed by atoms with E-state index in [0.717, 1.165) is 16.8 Å². The highest BCUT2D eigenvalue weighted by Crippen LogP contribution is 2.14. The van der Waals surface area contributed by atoms with Crippen LogP contribution in [0.4, 0.5) is 0 Å². The van der Waals surface area contributed by atoms with Crippen LogP contribution in [0.2, 0.25) is 0 Å². The number of carbonyl (C=O) groups is 1. The summed E-state index contributed by atoms with van der Waals surface area (Å²) in [5, 5.41) is 12.9. The number of benzene rings is 1. The number of carboxylic acid groups (broad SMARTS) is 1. The number of rotatable bonds is 2. The van der Waals surface area contributed by atoms with Crippen LogP contribution in [0.25, 0.3) is 5.69 Å². The van der Waals surface area contributed by atoms with E-state index in [1.807, 2.05) is 32.0 Å². The largest absolute Gasteiger partial charge is 0.476 e. The summed E-state index contributed by atoms with van der Waals surface area (Å²) >= 11 is 0. The second kappa shape index (κ2) is 4.68. The number of aryl methyl sites for hydroxylation is 3. The summed E-state index contributed by atoms with van der Waals surface area (Å²) in [6.45, 7) is 5.62. The molecule has 1 heterocycles. The Bertz CT molecular complexity index is 697. The summed E-state index contributed by atoms with van der Waals surface area (Å²) in [7, 11) is 0. The summed E-state index contributed by atoms with van der Waals surface area (Å²) in [5.41, 5.74) is 2.39. The molecule has 0 unspecified atom stereocenters. The van der Waals surface area contributed by atoms with Crippen molar-refractivity contribution in [3.63, 3.8) is 0 Å². The smallest absolute Gasteiger partial charge is 0.360 e. The molecule has 0 bridgehead atoms. The van der Waals surface area contributed by atoms with E-state index in [1.54, 1.807) is 6.92 Å². The van der Waals surface area contributed by atoms with Gasteiger partial charge in [-0.25, -0.2) is 9.48 Å². The third-order valence-electron chi connectivity index (χ3n) is 2.76. The molecule has 5 heteroatoms. The molecule has 1 aromatic heterocycles. The predicted molar refractivity (Wildman–Crippen MR) is 71.0 cm³/mol. The normalized spacial score (nSPS) is 10.5. The minimum Gasteiger partial charge on any atom is -0.476 e. The molecule has 0 fully saturated rings. The van der Waals surface area contributed by atoms with Gasteiger partial charge in [-0.2, -0.15) is 5.10 Å². The highest BCUT2D eigenvalue weighted by Gasteiger charge is 2.13. The van der Waals surface area contributed by atoms with Crippen LogP contribution in [0.1, 0.15) is 27.3 Å². The quantitative estimate of drug-likeness (QED) is 0.892. The molecule has 0 saturated heterocycles. The maximum Gasteiger partial charge on any atom is 0.360 e. The first-order chi connectivity index (χ1) is 8.88. The fourth-order valence-electron chi connectivity index (χ4n) is 2.03. The van der Waals surface area contributed by atoms with E-state index in [4.69, 9.17) is 5.11 Å². The zero-order chi connectivity index (χ0) is 14.2. The van der Waals surface area contributed by atoms with Crippen molar-refractivity contribution >= 4 is 5.97 Å². The Hall–Kier alpha value is -2.43. The Morgan fingerprint density at radius 3 is 2.21 bits per heavy atom. The van der Waals surface area contributed by atoms with Crippen molar-refractivity contribution in [3.05, 3.63) is 57.0 Å². The molecule has 0 aliphatic carbocycles. The van der Waals surface area contributed by atoms with Crippen LogP contribution >= 0.6 is 0 Å². The van der Waals surface area contributed by atoms with Crippen molar-refractivity contribution in [2.75, 3.05) is 0 Å². The maximum atomic E-state index is 11.5. The number of carboxylic acids is 1. The van der Waals surface area contributed by atoms with E-state index in [1.165, 1.54) is 10.7 Å². The summed E-state index contributed by atoms with van der Waals surface area (Å²) in [6.07, 6.45) is 0. The number of aromatic nitrogens is 2. The van der Waals surface area contributed by atoms with Crippen molar-refractivity contribution in [3.8, 4) is 5.69 Å². The van der Waals surface area contributed by atoms with Crippen LogP contribution in [-0.4, -0.2) is 20.9 Å². The van der Waals surface area contributed by atoms with Gasteiger partial charge in [0.25, 0.3) is 0 Å². The van der Waals surface area contributed by atoms with Crippen LogP contribution in [0.15, 0.2) is 29.1 Å². The van der Waals surface area contributed by atoms with Crippen LogP contribution in [0.3, 0.4) is 0 Å². The molecule has 0 saturated carbocycles. The maximum absolute atomic E-state index is 11.5.